The number of aryl methyl sites for hydroxylation is 1. The van der Waals surface area contributed by atoms with E-state index >= 15 is 4.39 Å². The second-order valence-corrected chi connectivity index (χ2v) is 9.78. The number of amides is 2. The standard InChI is InChI=1S/C23H38FN7O3/c1-5-18-26-20(19(24)21(27-18)31-12-14(2)17(13-31)30(3)4)28-29-22(32)16(11-25-23(33)34)10-15-8-6-7-9-15/h14-17,25H,5-13H2,1-4H3,(H,29,32)(H,33,34)(H,26,27,28)/t14-,16-,17+/m1/s1. The van der Waals surface area contributed by atoms with E-state index in [1.54, 1.807) is 0 Å². The highest BCUT2D eigenvalue weighted by molar-refractivity contribution is 5.80. The minimum Gasteiger partial charge on any atom is -0.465 e. The predicted octanol–water partition coefficient (Wildman–Crippen LogP) is 2.47. The zero-order chi connectivity index (χ0) is 24.8. The van der Waals surface area contributed by atoms with E-state index in [0.29, 0.717) is 43.6 Å². The molecule has 0 spiro atoms. The smallest absolute Gasteiger partial charge is 0.404 e. The highest BCUT2D eigenvalue weighted by atomic mass is 19.1. The molecule has 3 atom stereocenters. The zero-order valence-corrected chi connectivity index (χ0v) is 20.6. The molecule has 1 saturated carbocycles. The third-order valence-corrected chi connectivity index (χ3v) is 7.00. The average molecular weight is 480 g/mol. The molecule has 0 radical (unpaired) electrons. The summed E-state index contributed by atoms with van der Waals surface area (Å²) in [5, 5.41) is 11.3. The highest BCUT2D eigenvalue weighted by Crippen LogP contribution is 2.31. The van der Waals surface area contributed by atoms with Crippen LogP contribution in [0.25, 0.3) is 0 Å². The molecule has 1 aromatic rings. The Morgan fingerprint density at radius 1 is 1.24 bits per heavy atom. The van der Waals surface area contributed by atoms with Gasteiger partial charge in [-0.3, -0.25) is 15.6 Å². The third-order valence-electron chi connectivity index (χ3n) is 7.00. The SMILES string of the molecule is CCc1nc(NNC(=O)[C@@H](CNC(=O)O)CC2CCCC2)c(F)c(N2C[C@@H](C)[C@@H](N(C)C)C2)n1. The Labute approximate surface area is 200 Å². The number of rotatable bonds is 10. The van der Waals surface area contributed by atoms with Crippen molar-refractivity contribution in [1.82, 2.24) is 25.6 Å². The molecule has 3 rings (SSSR count). The fourth-order valence-corrected chi connectivity index (χ4v) is 5.09. The summed E-state index contributed by atoms with van der Waals surface area (Å²) in [6.07, 6.45) is 4.26. The van der Waals surface area contributed by atoms with E-state index in [0.717, 1.165) is 25.7 Å². The lowest BCUT2D eigenvalue weighted by Gasteiger charge is -2.23. The van der Waals surface area contributed by atoms with Gasteiger partial charge in [-0.05, 0) is 32.4 Å². The van der Waals surface area contributed by atoms with Crippen molar-refractivity contribution in [2.45, 2.75) is 58.4 Å². The molecule has 11 heteroatoms. The molecule has 2 fully saturated rings. The number of carbonyl (C=O) groups is 2. The van der Waals surface area contributed by atoms with Crippen molar-refractivity contribution in [3.8, 4) is 0 Å². The maximum Gasteiger partial charge on any atom is 0.404 e. The average Bonchev–Trinajstić information content (AvgIpc) is 3.45. The summed E-state index contributed by atoms with van der Waals surface area (Å²) >= 11 is 0. The molecule has 0 aromatic carbocycles. The Morgan fingerprint density at radius 3 is 2.53 bits per heavy atom. The van der Waals surface area contributed by atoms with Crippen molar-refractivity contribution in [3.05, 3.63) is 11.6 Å². The largest absolute Gasteiger partial charge is 0.465 e. The Balaban J connectivity index is 1.72. The van der Waals surface area contributed by atoms with Crippen molar-refractivity contribution in [2.75, 3.05) is 44.1 Å². The third kappa shape index (κ3) is 6.46. The highest BCUT2D eigenvalue weighted by Gasteiger charge is 2.34. The van der Waals surface area contributed by atoms with E-state index in [-0.39, 0.29) is 30.1 Å². The van der Waals surface area contributed by atoms with E-state index in [1.165, 1.54) is 0 Å². The Kier molecular flexibility index (Phi) is 8.87. The Hall–Kier alpha value is -2.69. The number of halogens is 1. The normalized spacial score (nSPS) is 21.6. The first-order chi connectivity index (χ1) is 16.2. The maximum atomic E-state index is 15.4. The molecule has 1 aliphatic carbocycles. The second-order valence-electron chi connectivity index (χ2n) is 9.78. The molecule has 1 aromatic heterocycles. The van der Waals surface area contributed by atoms with Crippen LogP contribution in [0.4, 0.5) is 20.8 Å². The van der Waals surface area contributed by atoms with Gasteiger partial charge in [0.2, 0.25) is 11.7 Å². The van der Waals surface area contributed by atoms with Gasteiger partial charge in [0.15, 0.2) is 11.6 Å². The van der Waals surface area contributed by atoms with Crippen molar-refractivity contribution in [1.29, 1.82) is 0 Å². The summed E-state index contributed by atoms with van der Waals surface area (Å²) in [4.78, 5) is 36.6. The van der Waals surface area contributed by atoms with Gasteiger partial charge in [-0.2, -0.15) is 4.39 Å². The van der Waals surface area contributed by atoms with Crippen molar-refractivity contribution in [3.63, 3.8) is 0 Å². The number of likely N-dealkylation sites (N-methyl/N-ethyl adjacent to an activating group) is 1. The van der Waals surface area contributed by atoms with Crippen LogP contribution >= 0.6 is 0 Å². The number of hydrazine groups is 1. The van der Waals surface area contributed by atoms with E-state index in [4.69, 9.17) is 5.11 Å². The number of nitrogens with one attached hydrogen (secondary N) is 3. The predicted molar refractivity (Wildman–Crippen MR) is 128 cm³/mol. The lowest BCUT2D eigenvalue weighted by Crippen LogP contribution is -2.42. The lowest BCUT2D eigenvalue weighted by atomic mass is 9.92. The van der Waals surface area contributed by atoms with Crippen molar-refractivity contribution in [2.24, 2.45) is 17.8 Å². The summed E-state index contributed by atoms with van der Waals surface area (Å²) in [5.74, 6) is -0.185. The minimum absolute atomic E-state index is 0.00858. The Bertz CT molecular complexity index is 863. The van der Waals surface area contributed by atoms with Gasteiger partial charge in [0.05, 0.1) is 5.92 Å². The summed E-state index contributed by atoms with van der Waals surface area (Å²) in [5.41, 5.74) is 5.22. The molecular formula is C23H38FN7O3. The van der Waals surface area contributed by atoms with Crippen LogP contribution in [-0.4, -0.2) is 71.7 Å². The van der Waals surface area contributed by atoms with Crippen LogP contribution in [-0.2, 0) is 11.2 Å². The number of hydrogen-bond acceptors (Lipinski definition) is 7. The Morgan fingerprint density at radius 2 is 1.94 bits per heavy atom. The molecule has 2 aliphatic rings. The quantitative estimate of drug-likeness (QED) is 0.378. The number of hydrogen-bond donors (Lipinski definition) is 4. The molecule has 190 valence electrons. The van der Waals surface area contributed by atoms with Gasteiger partial charge >= 0.3 is 6.09 Å². The summed E-state index contributed by atoms with van der Waals surface area (Å²) in [7, 11) is 4.03. The number of aromatic nitrogens is 2. The first-order valence-electron chi connectivity index (χ1n) is 12.2. The molecule has 0 bridgehead atoms. The molecule has 1 aliphatic heterocycles. The van der Waals surface area contributed by atoms with Crippen LogP contribution in [0.5, 0.6) is 0 Å². The van der Waals surface area contributed by atoms with Crippen molar-refractivity contribution < 1.29 is 19.1 Å². The molecule has 2 heterocycles. The van der Waals surface area contributed by atoms with Gasteiger partial charge in [-0.1, -0.05) is 39.5 Å². The van der Waals surface area contributed by atoms with Crippen LogP contribution in [0.1, 0.15) is 51.8 Å². The number of anilines is 2. The fraction of sp³-hybridized carbons (Fsp3) is 0.739. The molecule has 0 unspecified atom stereocenters. The number of nitrogens with zero attached hydrogens (tertiary/aromatic N) is 4. The zero-order valence-electron chi connectivity index (χ0n) is 20.6. The van der Waals surface area contributed by atoms with E-state index in [1.807, 2.05) is 25.9 Å². The lowest BCUT2D eigenvalue weighted by molar-refractivity contribution is -0.124. The van der Waals surface area contributed by atoms with Crippen LogP contribution in [0.2, 0.25) is 0 Å². The molecular weight excluding hydrogens is 441 g/mol. The van der Waals surface area contributed by atoms with Crippen LogP contribution in [0.3, 0.4) is 0 Å². The van der Waals surface area contributed by atoms with Gasteiger partial charge < -0.3 is 20.2 Å². The van der Waals surface area contributed by atoms with Crippen LogP contribution in [0.15, 0.2) is 0 Å². The van der Waals surface area contributed by atoms with Crippen molar-refractivity contribution >= 4 is 23.6 Å². The van der Waals surface area contributed by atoms with Gasteiger partial charge in [0.1, 0.15) is 5.82 Å². The van der Waals surface area contributed by atoms with Crippen LogP contribution < -0.4 is 21.1 Å². The van der Waals surface area contributed by atoms with Gasteiger partial charge in [0.25, 0.3) is 0 Å². The molecule has 34 heavy (non-hydrogen) atoms. The monoisotopic (exact) mass is 479 g/mol. The summed E-state index contributed by atoms with van der Waals surface area (Å²) in [6, 6.07) is 0.286. The summed E-state index contributed by atoms with van der Waals surface area (Å²) in [6.45, 7) is 5.37. The molecule has 1 saturated heterocycles. The topological polar surface area (TPSA) is 123 Å². The maximum absolute atomic E-state index is 15.4. The minimum atomic E-state index is -1.17. The summed E-state index contributed by atoms with van der Waals surface area (Å²) < 4.78 is 15.4. The van der Waals surface area contributed by atoms with Crippen LogP contribution in [0, 0.1) is 23.6 Å². The molecule has 10 nitrogen and oxygen atoms in total. The number of carbonyl (C=O) groups excluding carboxylic acids is 1. The first kappa shape index (κ1) is 25.9. The van der Waals surface area contributed by atoms with Gasteiger partial charge in [-0.15, -0.1) is 0 Å². The second kappa shape index (κ2) is 11.6. The fourth-order valence-electron chi connectivity index (χ4n) is 5.09. The van der Waals surface area contributed by atoms with E-state index < -0.39 is 17.8 Å². The van der Waals surface area contributed by atoms with E-state index in [2.05, 4.69) is 38.0 Å². The molecule has 2 amide bonds. The van der Waals surface area contributed by atoms with Gasteiger partial charge in [-0.25, -0.2) is 14.8 Å². The van der Waals surface area contributed by atoms with Gasteiger partial charge in [0, 0.05) is 32.1 Å². The number of carboxylic acid groups (broad SMARTS) is 1. The first-order valence-corrected chi connectivity index (χ1v) is 12.2. The molecule has 4 N–H and O–H groups in total. The van der Waals surface area contributed by atoms with E-state index in [9.17, 15) is 9.59 Å².